The van der Waals surface area contributed by atoms with Crippen LogP contribution in [0.4, 0.5) is 0 Å². The highest BCUT2D eigenvalue weighted by atomic mass is 16.1. The Kier molecular flexibility index (Phi) is 4.37. The zero-order valence-corrected chi connectivity index (χ0v) is 17.9. The third-order valence-corrected chi connectivity index (χ3v) is 5.39. The van der Waals surface area contributed by atoms with Crippen molar-refractivity contribution in [2.45, 2.75) is 32.7 Å². The van der Waals surface area contributed by atoms with Gasteiger partial charge in [0.25, 0.3) is 5.56 Å². The zero-order chi connectivity index (χ0) is 22.5. The Balaban J connectivity index is 1.87. The van der Waals surface area contributed by atoms with Gasteiger partial charge < -0.3 is 0 Å². The van der Waals surface area contributed by atoms with Crippen molar-refractivity contribution in [2.24, 2.45) is 0 Å². The zero-order valence-electron chi connectivity index (χ0n) is 17.9. The van der Waals surface area contributed by atoms with E-state index in [1.165, 1.54) is 0 Å². The van der Waals surface area contributed by atoms with Crippen LogP contribution in [0.15, 0.2) is 59.8 Å². The third kappa shape index (κ3) is 2.96. The summed E-state index contributed by atoms with van der Waals surface area (Å²) in [5, 5.41) is 17.9. The van der Waals surface area contributed by atoms with Crippen molar-refractivity contribution in [1.82, 2.24) is 33.9 Å². The Labute approximate surface area is 183 Å². The van der Waals surface area contributed by atoms with Crippen molar-refractivity contribution in [2.75, 3.05) is 0 Å². The van der Waals surface area contributed by atoms with Crippen molar-refractivity contribution >= 4 is 16.6 Å². The summed E-state index contributed by atoms with van der Waals surface area (Å²) in [5.74, 6) is 0. The van der Waals surface area contributed by atoms with E-state index in [2.05, 4.69) is 20.3 Å². The maximum Gasteiger partial charge on any atom is 0.278 e. The maximum atomic E-state index is 13.8. The lowest BCUT2D eigenvalue weighted by atomic mass is 9.90. The molecule has 0 saturated carbocycles. The standard InChI is InChI=1S/C23H20N8O/c1-23(2,3)21-19(31(13-24)28-27-21)18-20-22(32)29(12-15-8-6-7-11-25-15)16-9-4-5-10-17(16)30(20)14-26-18/h4-11,14H,12H2,1-3H3. The van der Waals surface area contributed by atoms with Gasteiger partial charge in [0.15, 0.2) is 0 Å². The van der Waals surface area contributed by atoms with Crippen LogP contribution in [0, 0.1) is 11.5 Å². The van der Waals surface area contributed by atoms with Crippen LogP contribution in [0.3, 0.4) is 0 Å². The van der Waals surface area contributed by atoms with Gasteiger partial charge in [-0.05, 0) is 24.3 Å². The predicted molar refractivity (Wildman–Crippen MR) is 119 cm³/mol. The number of hydrogen-bond acceptors (Lipinski definition) is 6. The summed E-state index contributed by atoms with van der Waals surface area (Å²) in [6.45, 7) is 6.25. The first kappa shape index (κ1) is 19.6. The van der Waals surface area contributed by atoms with Crippen LogP contribution in [0.5, 0.6) is 0 Å². The molecule has 0 saturated heterocycles. The summed E-state index contributed by atoms with van der Waals surface area (Å²) in [7, 11) is 0. The first-order valence-electron chi connectivity index (χ1n) is 10.2. The second kappa shape index (κ2) is 7.13. The molecule has 0 spiro atoms. The fraction of sp³-hybridized carbons (Fsp3) is 0.217. The number of fused-ring (bicyclic) bond motifs is 3. The second-order valence-electron chi connectivity index (χ2n) is 8.56. The average molecular weight is 424 g/mol. The largest absolute Gasteiger partial charge is 0.299 e. The van der Waals surface area contributed by atoms with Crippen LogP contribution in [-0.2, 0) is 12.0 Å². The number of para-hydroxylation sites is 2. The first-order valence-corrected chi connectivity index (χ1v) is 10.2. The van der Waals surface area contributed by atoms with E-state index in [4.69, 9.17) is 0 Å². The van der Waals surface area contributed by atoms with Gasteiger partial charge in [-0.2, -0.15) is 5.26 Å². The van der Waals surface area contributed by atoms with Crippen molar-refractivity contribution in [3.05, 3.63) is 76.7 Å². The Hall–Kier alpha value is -4.32. The predicted octanol–water partition coefficient (Wildman–Crippen LogP) is 2.98. The van der Waals surface area contributed by atoms with Gasteiger partial charge in [-0.3, -0.25) is 18.7 Å². The summed E-state index contributed by atoms with van der Waals surface area (Å²) >= 11 is 0. The van der Waals surface area contributed by atoms with E-state index < -0.39 is 5.41 Å². The number of aromatic nitrogens is 7. The molecule has 0 aliphatic heterocycles. The van der Waals surface area contributed by atoms with E-state index in [0.717, 1.165) is 21.4 Å². The molecule has 158 valence electrons. The fourth-order valence-corrected chi connectivity index (χ4v) is 3.92. The minimum atomic E-state index is -0.399. The Morgan fingerprint density at radius 1 is 1.03 bits per heavy atom. The second-order valence-corrected chi connectivity index (χ2v) is 8.56. The van der Waals surface area contributed by atoms with E-state index >= 15 is 0 Å². The quantitative estimate of drug-likeness (QED) is 0.441. The number of nitriles is 1. The smallest absolute Gasteiger partial charge is 0.278 e. The highest BCUT2D eigenvalue weighted by molar-refractivity contribution is 5.85. The lowest BCUT2D eigenvalue weighted by molar-refractivity contribution is 0.568. The number of pyridine rings is 1. The van der Waals surface area contributed by atoms with Crippen LogP contribution in [0.25, 0.3) is 27.9 Å². The monoisotopic (exact) mass is 424 g/mol. The van der Waals surface area contributed by atoms with Gasteiger partial charge >= 0.3 is 0 Å². The molecular formula is C23H20N8O. The molecule has 0 aliphatic carbocycles. The number of nitrogens with zero attached hydrogens (tertiary/aromatic N) is 8. The van der Waals surface area contributed by atoms with Crippen LogP contribution in [0.2, 0.25) is 0 Å². The van der Waals surface area contributed by atoms with Gasteiger partial charge in [0.1, 0.15) is 23.2 Å². The summed E-state index contributed by atoms with van der Waals surface area (Å²) in [4.78, 5) is 22.8. The number of benzene rings is 1. The van der Waals surface area contributed by atoms with Gasteiger partial charge in [-0.25, -0.2) is 4.98 Å². The van der Waals surface area contributed by atoms with E-state index in [9.17, 15) is 10.1 Å². The van der Waals surface area contributed by atoms with Gasteiger partial charge in [-0.15, -0.1) is 9.78 Å². The molecule has 5 aromatic rings. The Morgan fingerprint density at radius 2 is 1.78 bits per heavy atom. The lowest BCUT2D eigenvalue weighted by Crippen LogP contribution is -2.24. The maximum absolute atomic E-state index is 13.8. The SMILES string of the molecule is CC(C)(C)c1nnn(C#N)c1-c1ncn2c1c(=O)n(Cc1ccccn1)c1ccccc12. The van der Waals surface area contributed by atoms with E-state index in [1.54, 1.807) is 21.5 Å². The minimum absolute atomic E-state index is 0.229. The van der Waals surface area contributed by atoms with Crippen LogP contribution < -0.4 is 5.56 Å². The highest BCUT2D eigenvalue weighted by Crippen LogP contribution is 2.32. The molecule has 0 amide bonds. The molecule has 0 radical (unpaired) electrons. The van der Waals surface area contributed by atoms with Crippen molar-refractivity contribution < 1.29 is 0 Å². The molecule has 1 aromatic carbocycles. The fourth-order valence-electron chi connectivity index (χ4n) is 3.92. The number of rotatable bonds is 3. The Morgan fingerprint density at radius 3 is 2.47 bits per heavy atom. The minimum Gasteiger partial charge on any atom is -0.299 e. The van der Waals surface area contributed by atoms with E-state index in [1.807, 2.05) is 69.4 Å². The molecule has 4 heterocycles. The molecule has 4 aromatic heterocycles. The molecule has 5 rings (SSSR count). The molecule has 0 atom stereocenters. The molecule has 32 heavy (non-hydrogen) atoms. The van der Waals surface area contributed by atoms with Crippen LogP contribution in [0.1, 0.15) is 32.2 Å². The van der Waals surface area contributed by atoms with Crippen LogP contribution >= 0.6 is 0 Å². The molecular weight excluding hydrogens is 404 g/mol. The summed E-state index contributed by atoms with van der Waals surface area (Å²) < 4.78 is 4.58. The van der Waals surface area contributed by atoms with E-state index in [-0.39, 0.29) is 5.56 Å². The molecule has 0 bridgehead atoms. The lowest BCUT2D eigenvalue weighted by Gasteiger charge is -2.16. The normalized spacial score (nSPS) is 11.8. The summed E-state index contributed by atoms with van der Waals surface area (Å²) in [6.07, 6.45) is 5.35. The average Bonchev–Trinajstić information content (AvgIpc) is 3.41. The Bertz CT molecular complexity index is 1560. The van der Waals surface area contributed by atoms with Gasteiger partial charge in [0, 0.05) is 11.6 Å². The van der Waals surface area contributed by atoms with Gasteiger partial charge in [-0.1, -0.05) is 44.2 Å². The summed E-state index contributed by atoms with van der Waals surface area (Å²) in [5.41, 5.74) is 3.51. The molecule has 0 N–H and O–H groups in total. The van der Waals surface area contributed by atoms with Gasteiger partial charge in [0.05, 0.1) is 29.0 Å². The van der Waals surface area contributed by atoms with Crippen molar-refractivity contribution in [3.63, 3.8) is 0 Å². The molecule has 0 aliphatic rings. The topological polar surface area (TPSA) is 107 Å². The number of hydrogen-bond donors (Lipinski definition) is 0. The number of imidazole rings is 1. The van der Waals surface area contributed by atoms with Crippen LogP contribution in [-0.4, -0.2) is 33.9 Å². The molecule has 9 nitrogen and oxygen atoms in total. The van der Waals surface area contributed by atoms with Gasteiger partial charge in [0.2, 0.25) is 6.19 Å². The molecule has 0 unspecified atom stereocenters. The van der Waals surface area contributed by atoms with E-state index in [0.29, 0.717) is 29.1 Å². The highest BCUT2D eigenvalue weighted by Gasteiger charge is 2.29. The molecule has 0 fully saturated rings. The van der Waals surface area contributed by atoms with Crippen molar-refractivity contribution in [3.8, 4) is 17.6 Å². The molecule has 9 heteroatoms. The first-order chi connectivity index (χ1) is 15.4. The summed E-state index contributed by atoms with van der Waals surface area (Å²) in [6, 6.07) is 13.3. The van der Waals surface area contributed by atoms with Crippen molar-refractivity contribution in [1.29, 1.82) is 5.26 Å². The third-order valence-electron chi connectivity index (χ3n) is 5.39.